The first kappa shape index (κ1) is 18.1. The molecule has 1 aliphatic rings. The Kier molecular flexibility index (Phi) is 5.58. The second-order valence-electron chi connectivity index (χ2n) is 6.08. The molecule has 8 heteroatoms. The van der Waals surface area contributed by atoms with Crippen molar-refractivity contribution < 1.29 is 14.3 Å². The van der Waals surface area contributed by atoms with E-state index in [1.165, 1.54) is 16.6 Å². The highest BCUT2D eigenvalue weighted by molar-refractivity contribution is 8.00. The van der Waals surface area contributed by atoms with E-state index in [9.17, 15) is 9.59 Å². The van der Waals surface area contributed by atoms with Gasteiger partial charge < -0.3 is 9.64 Å². The van der Waals surface area contributed by atoms with Crippen molar-refractivity contribution in [3.63, 3.8) is 0 Å². The van der Waals surface area contributed by atoms with Crippen LogP contribution in [0, 0.1) is 20.8 Å². The molecule has 0 spiro atoms. The largest absolute Gasteiger partial charge is 0.455 e. The molecule has 0 radical (unpaired) electrons. The summed E-state index contributed by atoms with van der Waals surface area (Å²) in [5, 5.41) is 1.81. The number of fused-ring (bicyclic) bond motifs is 1. The van der Waals surface area contributed by atoms with Gasteiger partial charge in [-0.15, -0.1) is 11.3 Å². The fourth-order valence-electron chi connectivity index (χ4n) is 2.79. The first-order chi connectivity index (χ1) is 12.0. The van der Waals surface area contributed by atoms with E-state index in [-0.39, 0.29) is 18.3 Å². The van der Waals surface area contributed by atoms with Gasteiger partial charge in [-0.2, -0.15) is 0 Å². The summed E-state index contributed by atoms with van der Waals surface area (Å²) in [7, 11) is 0. The number of ether oxygens (including phenoxy) is 1. The summed E-state index contributed by atoms with van der Waals surface area (Å²) in [5.41, 5.74) is 1.15. The molecule has 0 saturated carbocycles. The van der Waals surface area contributed by atoms with Gasteiger partial charge in [0.2, 0.25) is 0 Å². The first-order valence-corrected chi connectivity index (χ1v) is 10.1. The van der Waals surface area contributed by atoms with E-state index in [2.05, 4.69) is 16.9 Å². The molecule has 25 heavy (non-hydrogen) atoms. The summed E-state index contributed by atoms with van der Waals surface area (Å²) >= 11 is 2.98. The molecule has 6 nitrogen and oxygen atoms in total. The maximum Gasteiger partial charge on any atom is 0.316 e. The van der Waals surface area contributed by atoms with E-state index >= 15 is 0 Å². The van der Waals surface area contributed by atoms with Crippen LogP contribution in [0.2, 0.25) is 0 Å². The van der Waals surface area contributed by atoms with Gasteiger partial charge in [-0.3, -0.25) is 9.59 Å². The number of hydrogen-bond acceptors (Lipinski definition) is 7. The second-order valence-corrected chi connectivity index (χ2v) is 8.24. The van der Waals surface area contributed by atoms with E-state index in [4.69, 9.17) is 4.74 Å². The molecule has 1 saturated heterocycles. The minimum Gasteiger partial charge on any atom is -0.455 e. The molecule has 3 heterocycles. The number of aromatic nitrogens is 2. The van der Waals surface area contributed by atoms with Crippen molar-refractivity contribution in [2.75, 3.05) is 25.4 Å². The number of thiophene rings is 1. The van der Waals surface area contributed by atoms with Crippen molar-refractivity contribution >= 4 is 45.2 Å². The molecule has 2 aromatic heterocycles. The van der Waals surface area contributed by atoms with Crippen LogP contribution in [0.3, 0.4) is 0 Å². The van der Waals surface area contributed by atoms with Gasteiger partial charge in [0.25, 0.3) is 5.91 Å². The fraction of sp³-hybridized carbons (Fsp3) is 0.529. The summed E-state index contributed by atoms with van der Waals surface area (Å²) in [5.74, 6) is 0.313. The van der Waals surface area contributed by atoms with Gasteiger partial charge in [-0.25, -0.2) is 9.97 Å². The van der Waals surface area contributed by atoms with Crippen molar-refractivity contribution in [3.8, 4) is 0 Å². The van der Waals surface area contributed by atoms with Crippen molar-refractivity contribution in [3.05, 3.63) is 16.3 Å². The Morgan fingerprint density at radius 1 is 1.20 bits per heavy atom. The fourth-order valence-corrected chi connectivity index (χ4v) is 4.86. The third-order valence-electron chi connectivity index (χ3n) is 4.25. The lowest BCUT2D eigenvalue weighted by atomic mass is 10.2. The highest BCUT2D eigenvalue weighted by Gasteiger charge is 2.20. The van der Waals surface area contributed by atoms with E-state index < -0.39 is 5.97 Å². The number of nitrogens with zero attached hydrogens (tertiary/aromatic N) is 3. The van der Waals surface area contributed by atoms with E-state index in [1.54, 1.807) is 16.2 Å². The lowest BCUT2D eigenvalue weighted by Crippen LogP contribution is -2.32. The van der Waals surface area contributed by atoms with Crippen LogP contribution in [0.25, 0.3) is 10.2 Å². The molecule has 134 valence electrons. The maximum atomic E-state index is 12.0. The van der Waals surface area contributed by atoms with Gasteiger partial charge >= 0.3 is 5.97 Å². The maximum absolute atomic E-state index is 12.0. The van der Waals surface area contributed by atoms with Crippen LogP contribution in [-0.4, -0.2) is 52.2 Å². The lowest BCUT2D eigenvalue weighted by molar-refractivity contribution is -0.149. The molecular formula is C17H21N3O3S2. The average Bonchev–Trinajstić information content (AvgIpc) is 3.19. The zero-order valence-corrected chi connectivity index (χ0v) is 16.3. The van der Waals surface area contributed by atoms with E-state index in [0.717, 1.165) is 46.7 Å². The van der Waals surface area contributed by atoms with E-state index in [0.29, 0.717) is 5.82 Å². The first-order valence-electron chi connectivity index (χ1n) is 8.26. The van der Waals surface area contributed by atoms with Gasteiger partial charge in [-0.1, -0.05) is 11.8 Å². The van der Waals surface area contributed by atoms with Crippen LogP contribution in [0.15, 0.2) is 5.03 Å². The predicted octanol–water partition coefficient (Wildman–Crippen LogP) is 2.87. The van der Waals surface area contributed by atoms with Crippen LogP contribution < -0.4 is 0 Å². The van der Waals surface area contributed by atoms with Gasteiger partial charge in [0.15, 0.2) is 6.61 Å². The van der Waals surface area contributed by atoms with Gasteiger partial charge in [0.05, 0.1) is 5.75 Å². The van der Waals surface area contributed by atoms with Crippen LogP contribution in [0.5, 0.6) is 0 Å². The summed E-state index contributed by atoms with van der Waals surface area (Å²) in [6.45, 7) is 7.31. The van der Waals surface area contributed by atoms with Crippen molar-refractivity contribution in [1.82, 2.24) is 14.9 Å². The van der Waals surface area contributed by atoms with Gasteiger partial charge in [0.1, 0.15) is 15.7 Å². The topological polar surface area (TPSA) is 72.4 Å². The molecule has 1 fully saturated rings. The number of hydrogen-bond donors (Lipinski definition) is 0. The number of aryl methyl sites for hydroxylation is 3. The molecule has 1 amide bonds. The Morgan fingerprint density at radius 3 is 2.64 bits per heavy atom. The van der Waals surface area contributed by atoms with E-state index in [1.807, 2.05) is 13.8 Å². The average molecular weight is 380 g/mol. The molecule has 0 N–H and O–H groups in total. The Bertz CT molecular complexity index is 813. The number of esters is 1. The van der Waals surface area contributed by atoms with Crippen LogP contribution in [-0.2, 0) is 14.3 Å². The zero-order chi connectivity index (χ0) is 18.0. The van der Waals surface area contributed by atoms with Crippen molar-refractivity contribution in [2.45, 2.75) is 38.6 Å². The summed E-state index contributed by atoms with van der Waals surface area (Å²) < 4.78 is 5.12. The van der Waals surface area contributed by atoms with Crippen LogP contribution >= 0.6 is 23.1 Å². The molecule has 0 bridgehead atoms. The SMILES string of the molecule is Cc1nc(SCC(=O)OCC(=O)N2CCCC2)c2c(C)c(C)sc2n1. The van der Waals surface area contributed by atoms with Gasteiger partial charge in [-0.05, 0) is 39.2 Å². The molecule has 1 aliphatic heterocycles. The van der Waals surface area contributed by atoms with Gasteiger partial charge in [0, 0.05) is 23.4 Å². The van der Waals surface area contributed by atoms with Crippen molar-refractivity contribution in [1.29, 1.82) is 0 Å². The number of likely N-dealkylation sites (tertiary alicyclic amines) is 1. The zero-order valence-electron chi connectivity index (χ0n) is 14.6. The molecule has 0 aromatic carbocycles. The number of carbonyl (C=O) groups is 2. The standard InChI is InChI=1S/C17H21N3O3S2/c1-10-11(2)25-17-15(10)16(18-12(3)19-17)24-9-14(22)23-8-13(21)20-6-4-5-7-20/h4-9H2,1-3H3. The predicted molar refractivity (Wildman–Crippen MR) is 99.1 cm³/mol. The third-order valence-corrected chi connectivity index (χ3v) is 6.30. The highest BCUT2D eigenvalue weighted by Crippen LogP contribution is 2.35. The summed E-state index contributed by atoms with van der Waals surface area (Å²) in [4.78, 5) is 36.8. The highest BCUT2D eigenvalue weighted by atomic mass is 32.2. The quantitative estimate of drug-likeness (QED) is 0.452. The minimum atomic E-state index is -0.397. The van der Waals surface area contributed by atoms with Crippen LogP contribution in [0.1, 0.15) is 29.1 Å². The molecule has 2 aromatic rings. The normalized spacial score (nSPS) is 14.3. The summed E-state index contributed by atoms with van der Waals surface area (Å²) in [6, 6.07) is 0. The molecule has 0 atom stereocenters. The Balaban J connectivity index is 1.60. The smallest absolute Gasteiger partial charge is 0.316 e. The minimum absolute atomic E-state index is 0.111. The Labute approximate surface area is 155 Å². The number of thioether (sulfide) groups is 1. The molecule has 0 unspecified atom stereocenters. The molecule has 0 aliphatic carbocycles. The third kappa shape index (κ3) is 4.12. The number of amides is 1. The molecule has 3 rings (SSSR count). The molecular weight excluding hydrogens is 358 g/mol. The number of carbonyl (C=O) groups excluding carboxylic acids is 2. The summed E-state index contributed by atoms with van der Waals surface area (Å²) in [6.07, 6.45) is 2.05. The second kappa shape index (κ2) is 7.70. The Morgan fingerprint density at radius 2 is 1.92 bits per heavy atom. The number of rotatable bonds is 5. The van der Waals surface area contributed by atoms with Crippen LogP contribution in [0.4, 0.5) is 0 Å². The van der Waals surface area contributed by atoms with Crippen molar-refractivity contribution in [2.24, 2.45) is 0 Å². The Hall–Kier alpha value is -1.67. The monoisotopic (exact) mass is 379 g/mol. The lowest BCUT2D eigenvalue weighted by Gasteiger charge is -2.14.